The average molecular weight is 353 g/mol. The molecule has 25 heavy (non-hydrogen) atoms. The number of ether oxygens (including phenoxy) is 1. The summed E-state index contributed by atoms with van der Waals surface area (Å²) in [7, 11) is 0. The van der Waals surface area contributed by atoms with Gasteiger partial charge in [-0.05, 0) is 12.5 Å². The molecule has 2 heterocycles. The fraction of sp³-hybridized carbons (Fsp3) is 0.706. The van der Waals surface area contributed by atoms with Crippen molar-refractivity contribution in [2.24, 2.45) is 0 Å². The Morgan fingerprint density at radius 1 is 1.40 bits per heavy atom. The van der Waals surface area contributed by atoms with Crippen LogP contribution in [0.2, 0.25) is 0 Å². The summed E-state index contributed by atoms with van der Waals surface area (Å²) in [6.07, 6.45) is 5.19. The third kappa shape index (κ3) is 5.62. The van der Waals surface area contributed by atoms with Gasteiger partial charge in [-0.15, -0.1) is 0 Å². The van der Waals surface area contributed by atoms with Crippen molar-refractivity contribution >= 4 is 11.7 Å². The molecule has 0 unspecified atom stereocenters. The lowest BCUT2D eigenvalue weighted by Gasteiger charge is -2.14. The molecule has 1 aromatic heterocycles. The number of nitrogens with zero attached hydrogens (tertiary/aromatic N) is 2. The predicted octanol–water partition coefficient (Wildman–Crippen LogP) is 1.18. The van der Waals surface area contributed by atoms with Crippen LogP contribution in [0.1, 0.15) is 58.1 Å². The molecule has 3 N–H and O–H groups in total. The van der Waals surface area contributed by atoms with Crippen LogP contribution in [0, 0.1) is 0 Å². The molecule has 8 heteroatoms. The van der Waals surface area contributed by atoms with E-state index in [0.29, 0.717) is 6.42 Å². The normalized spacial score (nSPS) is 22.9. The van der Waals surface area contributed by atoms with Crippen LogP contribution < -0.4 is 11.0 Å². The second kappa shape index (κ2) is 9.65. The van der Waals surface area contributed by atoms with Gasteiger partial charge < -0.3 is 20.3 Å². The SMILES string of the molecule is CCCCCCCC(=O)Nc1ccn([C@H]2C[C@H](O)[C@@H](CO)O2)c(=O)n1. The highest BCUT2D eigenvalue weighted by Gasteiger charge is 2.34. The number of aliphatic hydroxyl groups is 2. The Morgan fingerprint density at radius 3 is 2.80 bits per heavy atom. The molecule has 3 atom stereocenters. The molecule has 0 aliphatic carbocycles. The van der Waals surface area contributed by atoms with E-state index in [9.17, 15) is 14.7 Å². The number of carbonyl (C=O) groups excluding carboxylic acids is 1. The fourth-order valence-electron chi connectivity index (χ4n) is 2.85. The molecule has 0 spiro atoms. The maximum absolute atomic E-state index is 12.1. The summed E-state index contributed by atoms with van der Waals surface area (Å²) in [6.45, 7) is 1.83. The van der Waals surface area contributed by atoms with Gasteiger partial charge in [-0.25, -0.2) is 4.79 Å². The third-order valence-corrected chi connectivity index (χ3v) is 4.30. The Morgan fingerprint density at radius 2 is 2.16 bits per heavy atom. The number of rotatable bonds is 9. The first-order chi connectivity index (χ1) is 12.0. The molecule has 0 radical (unpaired) electrons. The van der Waals surface area contributed by atoms with Crippen LogP contribution in [0.4, 0.5) is 5.82 Å². The predicted molar refractivity (Wildman–Crippen MR) is 92.1 cm³/mol. The Kier molecular flexibility index (Phi) is 7.54. The molecule has 1 aliphatic heterocycles. The highest BCUT2D eigenvalue weighted by atomic mass is 16.5. The number of hydrogen-bond acceptors (Lipinski definition) is 6. The first kappa shape index (κ1) is 19.6. The van der Waals surface area contributed by atoms with Gasteiger partial charge in [0.05, 0.1) is 12.7 Å². The van der Waals surface area contributed by atoms with Crippen LogP contribution in [0.3, 0.4) is 0 Å². The fourth-order valence-corrected chi connectivity index (χ4v) is 2.85. The smallest absolute Gasteiger partial charge is 0.351 e. The van der Waals surface area contributed by atoms with Crippen molar-refractivity contribution in [1.29, 1.82) is 0 Å². The van der Waals surface area contributed by atoms with Crippen molar-refractivity contribution in [2.45, 2.75) is 70.3 Å². The lowest BCUT2D eigenvalue weighted by atomic mass is 10.1. The van der Waals surface area contributed by atoms with Gasteiger partial charge in [-0.2, -0.15) is 4.98 Å². The van der Waals surface area contributed by atoms with Gasteiger partial charge in [0, 0.05) is 19.0 Å². The number of amides is 1. The van der Waals surface area contributed by atoms with Crippen molar-refractivity contribution in [3.63, 3.8) is 0 Å². The molecule has 1 saturated heterocycles. The summed E-state index contributed by atoms with van der Waals surface area (Å²) in [5, 5.41) is 21.5. The van der Waals surface area contributed by atoms with E-state index in [0.717, 1.165) is 25.7 Å². The van der Waals surface area contributed by atoms with E-state index in [1.165, 1.54) is 23.3 Å². The van der Waals surface area contributed by atoms with Gasteiger partial charge >= 0.3 is 5.69 Å². The van der Waals surface area contributed by atoms with E-state index in [-0.39, 0.29) is 24.8 Å². The molecule has 0 saturated carbocycles. The summed E-state index contributed by atoms with van der Waals surface area (Å²) in [5.41, 5.74) is -0.573. The van der Waals surface area contributed by atoms with E-state index in [1.54, 1.807) is 0 Å². The third-order valence-electron chi connectivity index (χ3n) is 4.30. The second-order valence-corrected chi connectivity index (χ2v) is 6.33. The maximum atomic E-state index is 12.1. The monoisotopic (exact) mass is 353 g/mol. The van der Waals surface area contributed by atoms with Crippen LogP contribution in [0.5, 0.6) is 0 Å². The Hall–Kier alpha value is -1.77. The summed E-state index contributed by atoms with van der Waals surface area (Å²) in [6, 6.07) is 1.53. The van der Waals surface area contributed by atoms with Gasteiger partial charge in [0.15, 0.2) is 0 Å². The molecule has 1 amide bonds. The Bertz CT molecular complexity index is 619. The molecule has 0 bridgehead atoms. The lowest BCUT2D eigenvalue weighted by molar-refractivity contribution is -0.116. The highest BCUT2D eigenvalue weighted by Crippen LogP contribution is 2.27. The van der Waals surface area contributed by atoms with Crippen molar-refractivity contribution < 1.29 is 19.7 Å². The van der Waals surface area contributed by atoms with Gasteiger partial charge in [0.1, 0.15) is 18.1 Å². The molecular formula is C17H27N3O5. The minimum Gasteiger partial charge on any atom is -0.394 e. The van der Waals surface area contributed by atoms with Crippen molar-refractivity contribution in [3.8, 4) is 0 Å². The highest BCUT2D eigenvalue weighted by molar-refractivity contribution is 5.89. The number of aliphatic hydroxyl groups excluding tert-OH is 2. The van der Waals surface area contributed by atoms with Gasteiger partial charge in [-0.3, -0.25) is 9.36 Å². The molecule has 1 aliphatic rings. The van der Waals surface area contributed by atoms with Crippen molar-refractivity contribution in [2.75, 3.05) is 11.9 Å². The van der Waals surface area contributed by atoms with E-state index in [2.05, 4.69) is 17.2 Å². The maximum Gasteiger partial charge on any atom is 0.351 e. The number of unbranched alkanes of at least 4 members (excludes halogenated alkanes) is 4. The Balaban J connectivity index is 1.87. The average Bonchev–Trinajstić information content (AvgIpc) is 2.95. The van der Waals surface area contributed by atoms with E-state index < -0.39 is 24.1 Å². The van der Waals surface area contributed by atoms with E-state index in [1.807, 2.05) is 0 Å². The largest absolute Gasteiger partial charge is 0.394 e. The summed E-state index contributed by atoms with van der Waals surface area (Å²) >= 11 is 0. The molecule has 8 nitrogen and oxygen atoms in total. The van der Waals surface area contributed by atoms with Crippen molar-refractivity contribution in [3.05, 3.63) is 22.7 Å². The van der Waals surface area contributed by atoms with Crippen LogP contribution in [0.25, 0.3) is 0 Å². The number of hydrogen-bond donors (Lipinski definition) is 3. The lowest BCUT2D eigenvalue weighted by Crippen LogP contribution is -2.28. The minimum absolute atomic E-state index is 0.158. The zero-order valence-electron chi connectivity index (χ0n) is 14.6. The van der Waals surface area contributed by atoms with Crippen LogP contribution in [-0.2, 0) is 9.53 Å². The van der Waals surface area contributed by atoms with Crippen molar-refractivity contribution in [1.82, 2.24) is 9.55 Å². The van der Waals surface area contributed by atoms with Crippen LogP contribution >= 0.6 is 0 Å². The summed E-state index contributed by atoms with van der Waals surface area (Å²) < 4.78 is 6.68. The summed E-state index contributed by atoms with van der Waals surface area (Å²) in [5.74, 6) is 0.0473. The quantitative estimate of drug-likeness (QED) is 0.575. The first-order valence-electron chi connectivity index (χ1n) is 8.88. The molecule has 0 aromatic carbocycles. The number of aromatic nitrogens is 2. The molecule has 1 aromatic rings. The van der Waals surface area contributed by atoms with Gasteiger partial charge in [-0.1, -0.05) is 32.6 Å². The molecule has 1 fully saturated rings. The minimum atomic E-state index is -0.825. The molecule has 2 rings (SSSR count). The molecular weight excluding hydrogens is 326 g/mol. The first-order valence-corrected chi connectivity index (χ1v) is 8.88. The van der Waals surface area contributed by atoms with Gasteiger partial charge in [0.25, 0.3) is 0 Å². The van der Waals surface area contributed by atoms with Crippen LogP contribution in [-0.4, -0.2) is 44.5 Å². The Labute approximate surface area is 146 Å². The zero-order chi connectivity index (χ0) is 18.2. The second-order valence-electron chi connectivity index (χ2n) is 6.33. The van der Waals surface area contributed by atoms with Gasteiger partial charge in [0.2, 0.25) is 5.91 Å². The number of carbonyl (C=O) groups is 1. The number of anilines is 1. The van der Waals surface area contributed by atoms with E-state index in [4.69, 9.17) is 9.84 Å². The molecule has 140 valence electrons. The number of nitrogens with one attached hydrogen (secondary N) is 1. The standard InChI is InChI=1S/C17H27N3O5/c1-2-3-4-5-6-7-15(23)18-14-8-9-20(17(24)19-14)16-10-12(22)13(11-21)25-16/h8-9,12-13,16,21-22H,2-7,10-11H2,1H3,(H,18,19,23,24)/t12-,13+,16+/m0/s1. The summed E-state index contributed by atoms with van der Waals surface area (Å²) in [4.78, 5) is 27.8. The van der Waals surface area contributed by atoms with Crippen LogP contribution in [0.15, 0.2) is 17.1 Å². The topological polar surface area (TPSA) is 114 Å². The zero-order valence-corrected chi connectivity index (χ0v) is 14.6. The van der Waals surface area contributed by atoms with E-state index >= 15 is 0 Å².